The molecule has 1 N–H and O–H groups in total. The highest BCUT2D eigenvalue weighted by Crippen LogP contribution is 2.09. The van der Waals surface area contributed by atoms with Crippen molar-refractivity contribution in [2.45, 2.75) is 39.3 Å². The Bertz CT molecular complexity index is 421. The Labute approximate surface area is 121 Å². The quantitative estimate of drug-likeness (QED) is 0.814. The first kappa shape index (κ1) is 16.6. The second kappa shape index (κ2) is 7.33. The second-order valence-corrected chi connectivity index (χ2v) is 6.12. The topological polar surface area (TPSA) is 46.5 Å². The molecule has 0 saturated heterocycles. The molecule has 1 aromatic heterocycles. The fourth-order valence-electron chi connectivity index (χ4n) is 1.77. The predicted octanol–water partition coefficient (Wildman–Crippen LogP) is 2.37. The van der Waals surface area contributed by atoms with Crippen LogP contribution in [0.1, 0.15) is 32.8 Å². The molecule has 1 rings (SSSR count). The van der Waals surface area contributed by atoms with E-state index < -0.39 is 5.60 Å². The standard InChI is InChI=1S/C15H27N3O2/c1-15(2,3)20-14(19)18(5)9-6-8-16-11-13-7-10-17(4)12-13/h7,10,12,16H,6,8-9,11H2,1-5H3. The largest absolute Gasteiger partial charge is 0.444 e. The summed E-state index contributed by atoms with van der Waals surface area (Å²) in [5, 5.41) is 3.37. The lowest BCUT2D eigenvalue weighted by Gasteiger charge is -2.24. The van der Waals surface area contributed by atoms with E-state index in [9.17, 15) is 4.79 Å². The first-order valence-corrected chi connectivity index (χ1v) is 7.03. The summed E-state index contributed by atoms with van der Waals surface area (Å²) in [4.78, 5) is 13.3. The Morgan fingerprint density at radius 2 is 2.15 bits per heavy atom. The molecule has 114 valence electrons. The lowest BCUT2D eigenvalue weighted by atomic mass is 10.2. The molecule has 1 amide bonds. The molecule has 0 bridgehead atoms. The molecular formula is C15H27N3O2. The van der Waals surface area contributed by atoms with E-state index in [1.54, 1.807) is 11.9 Å². The third-order valence-corrected chi connectivity index (χ3v) is 2.77. The lowest BCUT2D eigenvalue weighted by molar-refractivity contribution is 0.0297. The van der Waals surface area contributed by atoms with E-state index in [0.29, 0.717) is 6.54 Å². The van der Waals surface area contributed by atoms with Crippen LogP contribution in [0.2, 0.25) is 0 Å². The van der Waals surface area contributed by atoms with Crippen LogP contribution in [-0.4, -0.2) is 41.3 Å². The van der Waals surface area contributed by atoms with Gasteiger partial charge in [0.2, 0.25) is 0 Å². The van der Waals surface area contributed by atoms with E-state index >= 15 is 0 Å². The highest BCUT2D eigenvalue weighted by molar-refractivity contribution is 5.67. The molecular weight excluding hydrogens is 254 g/mol. The SMILES string of the molecule is CN(CCCNCc1ccn(C)c1)C(=O)OC(C)(C)C. The zero-order valence-electron chi connectivity index (χ0n) is 13.3. The van der Waals surface area contributed by atoms with E-state index in [4.69, 9.17) is 4.74 Å². The van der Waals surface area contributed by atoms with Gasteiger partial charge in [-0.3, -0.25) is 0 Å². The maximum Gasteiger partial charge on any atom is 0.410 e. The maximum absolute atomic E-state index is 11.7. The van der Waals surface area contributed by atoms with Gasteiger partial charge < -0.3 is 19.5 Å². The van der Waals surface area contributed by atoms with E-state index in [-0.39, 0.29) is 6.09 Å². The number of carbonyl (C=O) groups is 1. The van der Waals surface area contributed by atoms with Crippen LogP contribution in [0.3, 0.4) is 0 Å². The normalized spacial score (nSPS) is 11.4. The fraction of sp³-hybridized carbons (Fsp3) is 0.667. The number of rotatable bonds is 6. The highest BCUT2D eigenvalue weighted by Gasteiger charge is 2.18. The average molecular weight is 281 g/mol. The van der Waals surface area contributed by atoms with Crippen LogP contribution in [0.4, 0.5) is 4.79 Å². The summed E-state index contributed by atoms with van der Waals surface area (Å²) < 4.78 is 7.33. The monoisotopic (exact) mass is 281 g/mol. The molecule has 1 aromatic rings. The van der Waals surface area contributed by atoms with E-state index in [2.05, 4.69) is 17.6 Å². The number of ether oxygens (including phenoxy) is 1. The smallest absolute Gasteiger partial charge is 0.410 e. The number of amides is 1. The molecule has 0 aliphatic carbocycles. The van der Waals surface area contributed by atoms with Crippen molar-refractivity contribution in [1.29, 1.82) is 0 Å². The zero-order chi connectivity index (χ0) is 15.2. The molecule has 5 nitrogen and oxygen atoms in total. The van der Waals surface area contributed by atoms with Gasteiger partial charge >= 0.3 is 6.09 Å². The summed E-state index contributed by atoms with van der Waals surface area (Å²) in [6, 6.07) is 2.10. The molecule has 0 radical (unpaired) electrons. The summed E-state index contributed by atoms with van der Waals surface area (Å²) in [5.41, 5.74) is 0.838. The van der Waals surface area contributed by atoms with Crippen molar-refractivity contribution < 1.29 is 9.53 Å². The van der Waals surface area contributed by atoms with Gasteiger partial charge in [-0.05, 0) is 45.4 Å². The van der Waals surface area contributed by atoms with Crippen LogP contribution < -0.4 is 5.32 Å². The van der Waals surface area contributed by atoms with Gasteiger partial charge in [0, 0.05) is 39.6 Å². The van der Waals surface area contributed by atoms with Crippen LogP contribution in [-0.2, 0) is 18.3 Å². The molecule has 0 unspecified atom stereocenters. The van der Waals surface area contributed by atoms with Gasteiger partial charge in [-0.15, -0.1) is 0 Å². The molecule has 0 aliphatic heterocycles. The van der Waals surface area contributed by atoms with E-state index in [0.717, 1.165) is 19.5 Å². The average Bonchev–Trinajstić information content (AvgIpc) is 2.72. The van der Waals surface area contributed by atoms with Gasteiger partial charge in [-0.25, -0.2) is 4.79 Å². The van der Waals surface area contributed by atoms with E-state index in [1.807, 2.05) is 38.6 Å². The van der Waals surface area contributed by atoms with Crippen molar-refractivity contribution >= 4 is 6.09 Å². The Morgan fingerprint density at radius 3 is 2.70 bits per heavy atom. The number of carbonyl (C=O) groups excluding carboxylic acids is 1. The third kappa shape index (κ3) is 6.61. The number of aromatic nitrogens is 1. The molecule has 0 atom stereocenters. The zero-order valence-corrected chi connectivity index (χ0v) is 13.3. The number of hydrogen-bond acceptors (Lipinski definition) is 3. The first-order chi connectivity index (χ1) is 9.28. The molecule has 5 heteroatoms. The van der Waals surface area contributed by atoms with Crippen molar-refractivity contribution in [3.05, 3.63) is 24.0 Å². The van der Waals surface area contributed by atoms with Gasteiger partial charge in [0.1, 0.15) is 5.60 Å². The Morgan fingerprint density at radius 1 is 1.45 bits per heavy atom. The molecule has 20 heavy (non-hydrogen) atoms. The van der Waals surface area contributed by atoms with Gasteiger partial charge in [-0.1, -0.05) is 0 Å². The van der Waals surface area contributed by atoms with Crippen LogP contribution in [0.5, 0.6) is 0 Å². The third-order valence-electron chi connectivity index (χ3n) is 2.77. The van der Waals surface area contributed by atoms with Crippen molar-refractivity contribution in [1.82, 2.24) is 14.8 Å². The molecule has 0 fully saturated rings. The van der Waals surface area contributed by atoms with Crippen LogP contribution in [0.25, 0.3) is 0 Å². The second-order valence-electron chi connectivity index (χ2n) is 6.12. The van der Waals surface area contributed by atoms with Gasteiger partial charge in [0.25, 0.3) is 0 Å². The van der Waals surface area contributed by atoms with Crippen LogP contribution in [0, 0.1) is 0 Å². The van der Waals surface area contributed by atoms with Crippen molar-refractivity contribution in [2.24, 2.45) is 7.05 Å². The molecule has 1 heterocycles. The number of nitrogens with one attached hydrogen (secondary N) is 1. The van der Waals surface area contributed by atoms with Crippen LogP contribution in [0.15, 0.2) is 18.5 Å². The summed E-state index contributed by atoms with van der Waals surface area (Å²) in [7, 11) is 3.78. The van der Waals surface area contributed by atoms with E-state index in [1.165, 1.54) is 5.56 Å². The fourth-order valence-corrected chi connectivity index (χ4v) is 1.77. The molecule has 0 aromatic carbocycles. The molecule has 0 saturated carbocycles. The van der Waals surface area contributed by atoms with Gasteiger partial charge in [-0.2, -0.15) is 0 Å². The lowest BCUT2D eigenvalue weighted by Crippen LogP contribution is -2.35. The predicted molar refractivity (Wildman–Crippen MR) is 80.6 cm³/mol. The number of hydrogen-bond donors (Lipinski definition) is 1. The first-order valence-electron chi connectivity index (χ1n) is 7.03. The van der Waals surface area contributed by atoms with Crippen molar-refractivity contribution in [3.8, 4) is 0 Å². The number of nitrogens with zero attached hydrogens (tertiary/aromatic N) is 2. The minimum absolute atomic E-state index is 0.263. The van der Waals surface area contributed by atoms with Gasteiger partial charge in [0.05, 0.1) is 0 Å². The minimum atomic E-state index is -0.434. The Balaban J connectivity index is 2.13. The molecule has 0 spiro atoms. The van der Waals surface area contributed by atoms with Crippen LogP contribution >= 0.6 is 0 Å². The van der Waals surface area contributed by atoms with Crippen molar-refractivity contribution in [2.75, 3.05) is 20.1 Å². The minimum Gasteiger partial charge on any atom is -0.444 e. The van der Waals surface area contributed by atoms with Crippen molar-refractivity contribution in [3.63, 3.8) is 0 Å². The Hall–Kier alpha value is -1.49. The summed E-state index contributed by atoms with van der Waals surface area (Å²) in [6.07, 6.45) is 4.77. The highest BCUT2D eigenvalue weighted by atomic mass is 16.6. The molecule has 0 aliphatic rings. The maximum atomic E-state index is 11.7. The number of aryl methyl sites for hydroxylation is 1. The Kier molecular flexibility index (Phi) is 6.07. The summed E-state index contributed by atoms with van der Waals surface area (Å²) in [6.45, 7) is 8.05. The summed E-state index contributed by atoms with van der Waals surface area (Å²) >= 11 is 0. The van der Waals surface area contributed by atoms with Gasteiger partial charge in [0.15, 0.2) is 0 Å². The summed E-state index contributed by atoms with van der Waals surface area (Å²) in [5.74, 6) is 0.